The number of aliphatic imine (C=N–C) groups is 2. The summed E-state index contributed by atoms with van der Waals surface area (Å²) in [5.41, 5.74) is -4.11. The lowest BCUT2D eigenvalue weighted by Gasteiger charge is -2.33. The normalized spacial score (nSPS) is 23.1. The summed E-state index contributed by atoms with van der Waals surface area (Å²) in [7, 11) is 0. The second-order valence-corrected chi connectivity index (χ2v) is 9.36. The average Bonchev–Trinajstić information content (AvgIpc) is 3.42. The molecule has 0 radical (unpaired) electrons. The van der Waals surface area contributed by atoms with E-state index >= 15 is 0 Å². The van der Waals surface area contributed by atoms with Crippen molar-refractivity contribution in [3.8, 4) is 0 Å². The minimum atomic E-state index is -5.04. The number of nitrogens with zero attached hydrogens (tertiary/aromatic N) is 4. The van der Waals surface area contributed by atoms with Crippen molar-refractivity contribution in [2.24, 2.45) is 15.1 Å². The van der Waals surface area contributed by atoms with Crippen LogP contribution in [0.15, 0.2) is 63.8 Å². The van der Waals surface area contributed by atoms with Gasteiger partial charge in [-0.15, -0.1) is 0 Å². The molecule has 0 fully saturated rings. The standard InChI is InChI=1S/C25H18F8N4O/c1-23(10-19(36-38-23)14-6-5-13(24(28,29)30)9-16(14)25(31,32)33)12-37-8-7-18-20(11-37)35-22(34-18)15-3-2-4-17(26)21(15)27/h2-9,20H,10-12H2,1H3. The van der Waals surface area contributed by atoms with Crippen LogP contribution in [0.3, 0.4) is 0 Å². The Hall–Kier alpha value is -3.77. The van der Waals surface area contributed by atoms with E-state index in [9.17, 15) is 35.1 Å². The van der Waals surface area contributed by atoms with Crippen LogP contribution >= 0.6 is 0 Å². The highest BCUT2D eigenvalue weighted by molar-refractivity contribution is 6.17. The zero-order chi connectivity index (χ0) is 27.5. The van der Waals surface area contributed by atoms with Crippen LogP contribution in [0.5, 0.6) is 0 Å². The molecule has 5 nitrogen and oxygen atoms in total. The highest BCUT2D eigenvalue weighted by Crippen LogP contribution is 2.39. The number of oxime groups is 1. The van der Waals surface area contributed by atoms with Gasteiger partial charge in [-0.1, -0.05) is 17.3 Å². The van der Waals surface area contributed by atoms with Gasteiger partial charge in [-0.05, 0) is 37.3 Å². The number of rotatable bonds is 4. The third kappa shape index (κ3) is 4.88. The molecular formula is C25H18F8N4O. The van der Waals surface area contributed by atoms with Crippen LogP contribution in [-0.2, 0) is 17.2 Å². The maximum Gasteiger partial charge on any atom is 0.417 e. The van der Waals surface area contributed by atoms with Gasteiger partial charge in [0.05, 0.1) is 34.7 Å². The molecule has 3 heterocycles. The topological polar surface area (TPSA) is 49.5 Å². The Kier molecular flexibility index (Phi) is 6.07. The number of amidine groups is 1. The van der Waals surface area contributed by atoms with E-state index in [0.717, 1.165) is 12.1 Å². The first-order chi connectivity index (χ1) is 17.7. The molecule has 2 atom stereocenters. The van der Waals surface area contributed by atoms with Gasteiger partial charge >= 0.3 is 12.4 Å². The van der Waals surface area contributed by atoms with E-state index in [2.05, 4.69) is 15.1 Å². The van der Waals surface area contributed by atoms with E-state index in [1.807, 2.05) is 0 Å². The minimum Gasteiger partial charge on any atom is -0.387 e. The molecule has 0 saturated carbocycles. The SMILES string of the molecule is CC1(CN2C=CC3=NC(c4cccc(F)c4F)=NC3C2)CC(c2ccc(C(F)(F)F)cc2C(F)(F)F)=NO1. The molecule has 0 amide bonds. The number of hydrogen-bond acceptors (Lipinski definition) is 5. The molecule has 0 aromatic heterocycles. The minimum absolute atomic E-state index is 0.0458. The average molecular weight is 542 g/mol. The van der Waals surface area contributed by atoms with E-state index in [1.54, 1.807) is 24.1 Å². The number of fused-ring (bicyclic) bond motifs is 1. The Bertz CT molecular complexity index is 1410. The molecule has 3 aliphatic heterocycles. The molecule has 2 aromatic rings. The third-order valence-electron chi connectivity index (χ3n) is 6.33. The summed E-state index contributed by atoms with van der Waals surface area (Å²) < 4.78 is 108. The van der Waals surface area contributed by atoms with Crippen molar-refractivity contribution in [1.29, 1.82) is 0 Å². The number of hydrogen-bond donors (Lipinski definition) is 0. The smallest absolute Gasteiger partial charge is 0.387 e. The summed E-state index contributed by atoms with van der Waals surface area (Å²) >= 11 is 0. The fourth-order valence-corrected chi connectivity index (χ4v) is 4.56. The zero-order valence-corrected chi connectivity index (χ0v) is 19.5. The predicted octanol–water partition coefficient (Wildman–Crippen LogP) is 5.98. The van der Waals surface area contributed by atoms with Gasteiger partial charge < -0.3 is 9.74 Å². The Labute approximate surface area is 210 Å². The third-order valence-corrected chi connectivity index (χ3v) is 6.33. The molecular weight excluding hydrogens is 524 g/mol. The van der Waals surface area contributed by atoms with Crippen molar-refractivity contribution >= 4 is 17.3 Å². The maximum absolute atomic E-state index is 14.2. The molecule has 3 aliphatic rings. The molecule has 0 spiro atoms. The summed E-state index contributed by atoms with van der Waals surface area (Å²) in [6.07, 6.45) is -6.77. The van der Waals surface area contributed by atoms with Crippen LogP contribution in [0.1, 0.15) is 35.6 Å². The van der Waals surface area contributed by atoms with Crippen molar-refractivity contribution in [2.75, 3.05) is 13.1 Å². The van der Waals surface area contributed by atoms with Gasteiger partial charge in [0.2, 0.25) is 0 Å². The lowest BCUT2D eigenvalue weighted by Crippen LogP contribution is -2.44. The molecule has 38 heavy (non-hydrogen) atoms. The van der Waals surface area contributed by atoms with Crippen LogP contribution in [0.4, 0.5) is 35.1 Å². The lowest BCUT2D eigenvalue weighted by atomic mass is 9.91. The van der Waals surface area contributed by atoms with Gasteiger partial charge in [-0.3, -0.25) is 4.99 Å². The van der Waals surface area contributed by atoms with Crippen molar-refractivity contribution in [3.05, 3.63) is 82.6 Å². The largest absolute Gasteiger partial charge is 0.417 e. The quantitative estimate of drug-likeness (QED) is 0.446. The Morgan fingerprint density at radius 1 is 1.03 bits per heavy atom. The number of benzene rings is 2. The van der Waals surface area contributed by atoms with E-state index in [4.69, 9.17) is 4.84 Å². The van der Waals surface area contributed by atoms with Crippen molar-refractivity contribution < 1.29 is 40.0 Å². The molecule has 0 saturated heterocycles. The summed E-state index contributed by atoms with van der Waals surface area (Å²) in [6, 6.07) is 4.60. The van der Waals surface area contributed by atoms with Gasteiger partial charge in [0, 0.05) is 24.7 Å². The number of alkyl halides is 6. The molecule has 0 aliphatic carbocycles. The van der Waals surface area contributed by atoms with Crippen LogP contribution < -0.4 is 0 Å². The summed E-state index contributed by atoms with van der Waals surface area (Å²) in [6.45, 7) is 2.04. The second-order valence-electron chi connectivity index (χ2n) is 9.36. The Morgan fingerprint density at radius 2 is 1.79 bits per heavy atom. The first kappa shape index (κ1) is 25.9. The van der Waals surface area contributed by atoms with Gasteiger partial charge in [0.15, 0.2) is 23.1 Å². The Morgan fingerprint density at radius 3 is 2.50 bits per heavy atom. The monoisotopic (exact) mass is 542 g/mol. The van der Waals surface area contributed by atoms with Crippen molar-refractivity contribution in [1.82, 2.24) is 4.90 Å². The van der Waals surface area contributed by atoms with Crippen LogP contribution in [0.2, 0.25) is 0 Å². The van der Waals surface area contributed by atoms with E-state index in [1.165, 1.54) is 12.1 Å². The van der Waals surface area contributed by atoms with Gasteiger partial charge in [-0.25, -0.2) is 13.8 Å². The molecule has 2 aromatic carbocycles. The molecule has 2 unspecified atom stereocenters. The van der Waals surface area contributed by atoms with Crippen molar-refractivity contribution in [2.45, 2.75) is 37.3 Å². The van der Waals surface area contributed by atoms with Gasteiger partial charge in [0.25, 0.3) is 0 Å². The van der Waals surface area contributed by atoms with Gasteiger partial charge in [0.1, 0.15) is 6.04 Å². The van der Waals surface area contributed by atoms with Gasteiger partial charge in [-0.2, -0.15) is 26.3 Å². The molecule has 0 bridgehead atoms. The Balaban J connectivity index is 1.31. The second kappa shape index (κ2) is 8.91. The van der Waals surface area contributed by atoms with E-state index in [0.29, 0.717) is 11.8 Å². The summed E-state index contributed by atoms with van der Waals surface area (Å²) in [5, 5.41) is 3.78. The molecule has 5 rings (SSSR count). The van der Waals surface area contributed by atoms with E-state index < -0.39 is 52.3 Å². The fraction of sp³-hybridized carbons (Fsp3) is 0.320. The summed E-state index contributed by atoms with van der Waals surface area (Å²) in [5.74, 6) is -2.04. The van der Waals surface area contributed by atoms with E-state index in [-0.39, 0.29) is 42.7 Å². The first-order valence-corrected chi connectivity index (χ1v) is 11.3. The lowest BCUT2D eigenvalue weighted by molar-refractivity contribution is -0.143. The highest BCUT2D eigenvalue weighted by atomic mass is 19.4. The van der Waals surface area contributed by atoms with Crippen LogP contribution in [-0.4, -0.2) is 46.9 Å². The maximum atomic E-state index is 14.2. The number of halogens is 8. The first-order valence-electron chi connectivity index (χ1n) is 11.3. The van der Waals surface area contributed by atoms with Crippen molar-refractivity contribution in [3.63, 3.8) is 0 Å². The zero-order valence-electron chi connectivity index (χ0n) is 19.5. The fourth-order valence-electron chi connectivity index (χ4n) is 4.56. The molecule has 200 valence electrons. The molecule has 0 N–H and O–H groups in total. The van der Waals surface area contributed by atoms with Crippen LogP contribution in [0, 0.1) is 11.6 Å². The highest BCUT2D eigenvalue weighted by Gasteiger charge is 2.43. The van der Waals surface area contributed by atoms with Crippen LogP contribution in [0.25, 0.3) is 0 Å². The molecule has 13 heteroatoms. The predicted molar refractivity (Wildman–Crippen MR) is 122 cm³/mol. The summed E-state index contributed by atoms with van der Waals surface area (Å²) in [4.78, 5) is 15.9.